The van der Waals surface area contributed by atoms with Gasteiger partial charge in [0.25, 0.3) is 0 Å². The lowest BCUT2D eigenvalue weighted by Gasteiger charge is -1.98. The summed E-state index contributed by atoms with van der Waals surface area (Å²) in [7, 11) is 0. The Morgan fingerprint density at radius 3 is 2.92 bits per heavy atom. The first kappa shape index (κ1) is 9.83. The van der Waals surface area contributed by atoms with Crippen LogP contribution in [0.15, 0.2) is 24.3 Å². The van der Waals surface area contributed by atoms with Gasteiger partial charge in [0.1, 0.15) is 0 Å². The van der Waals surface area contributed by atoms with E-state index < -0.39 is 0 Å². The summed E-state index contributed by atoms with van der Waals surface area (Å²) in [6, 6.07) is 7.85. The minimum Gasteiger partial charge on any atom is -0.198 e. The lowest BCUT2D eigenvalue weighted by Crippen LogP contribution is -1.77. The maximum atomic E-state index is 8.32. The number of hydrogen-bond acceptors (Lipinski definition) is 1. The number of benzene rings is 1. The molecule has 0 unspecified atom stereocenters. The van der Waals surface area contributed by atoms with E-state index in [-0.39, 0.29) is 0 Å². The first-order chi connectivity index (χ1) is 6.24. The van der Waals surface area contributed by atoms with Crippen LogP contribution in [0.2, 0.25) is 5.02 Å². The van der Waals surface area contributed by atoms with E-state index >= 15 is 0 Å². The van der Waals surface area contributed by atoms with E-state index in [0.717, 1.165) is 16.1 Å². The van der Waals surface area contributed by atoms with Crippen LogP contribution in [0.4, 0.5) is 0 Å². The van der Waals surface area contributed by atoms with Crippen molar-refractivity contribution in [3.63, 3.8) is 0 Å². The molecule has 0 aliphatic heterocycles. The van der Waals surface area contributed by atoms with Gasteiger partial charge < -0.3 is 0 Å². The van der Waals surface area contributed by atoms with Crippen molar-refractivity contribution >= 4 is 17.7 Å². The summed E-state index contributed by atoms with van der Waals surface area (Å²) in [5, 5.41) is 9.10. The lowest BCUT2D eigenvalue weighted by molar-refractivity contribution is 1.36. The molecule has 0 heterocycles. The highest BCUT2D eigenvalue weighted by Gasteiger charge is 1.93. The van der Waals surface area contributed by atoms with Gasteiger partial charge in [-0.1, -0.05) is 35.9 Å². The second-order valence-electron chi connectivity index (χ2n) is 2.77. The minimum absolute atomic E-state index is 0.446. The Bertz CT molecular complexity index is 361. The summed E-state index contributed by atoms with van der Waals surface area (Å²) >= 11 is 5.87. The van der Waals surface area contributed by atoms with Crippen LogP contribution < -0.4 is 0 Å². The zero-order valence-corrected chi connectivity index (χ0v) is 8.17. The summed E-state index contributed by atoms with van der Waals surface area (Å²) in [5.74, 6) is 0. The third-order valence-electron chi connectivity index (χ3n) is 1.70. The molecule has 0 saturated carbocycles. The molecular weight excluding hydrogens is 182 g/mol. The van der Waals surface area contributed by atoms with E-state index in [1.807, 2.05) is 37.3 Å². The van der Waals surface area contributed by atoms with Crippen molar-refractivity contribution in [1.82, 2.24) is 0 Å². The average molecular weight is 192 g/mol. The maximum absolute atomic E-state index is 8.32. The number of nitrogens with zero attached hydrogens (tertiary/aromatic N) is 1. The standard InChI is InChI=1S/C11H10ClN/c1-9-8-10(4-2-3-7-13)5-6-11(9)12/h2,4-6,8H,3H2,1H3. The van der Waals surface area contributed by atoms with Gasteiger partial charge in [-0.05, 0) is 24.1 Å². The van der Waals surface area contributed by atoms with Crippen molar-refractivity contribution in [2.75, 3.05) is 0 Å². The van der Waals surface area contributed by atoms with Crippen LogP contribution in [-0.4, -0.2) is 0 Å². The SMILES string of the molecule is Cc1cc(C=CCC#N)ccc1Cl. The highest BCUT2D eigenvalue weighted by molar-refractivity contribution is 6.31. The summed E-state index contributed by atoms with van der Waals surface area (Å²) in [6.07, 6.45) is 4.21. The molecule has 0 atom stereocenters. The van der Waals surface area contributed by atoms with E-state index in [4.69, 9.17) is 16.9 Å². The van der Waals surface area contributed by atoms with Gasteiger partial charge in [0.05, 0.1) is 12.5 Å². The molecule has 66 valence electrons. The van der Waals surface area contributed by atoms with Crippen molar-refractivity contribution in [3.05, 3.63) is 40.4 Å². The molecule has 0 aromatic heterocycles. The Hall–Kier alpha value is -1.26. The van der Waals surface area contributed by atoms with Crippen LogP contribution in [0, 0.1) is 18.3 Å². The summed E-state index contributed by atoms with van der Waals surface area (Å²) in [5.41, 5.74) is 2.14. The second-order valence-corrected chi connectivity index (χ2v) is 3.18. The Labute approximate surface area is 83.3 Å². The number of allylic oxidation sites excluding steroid dienone is 1. The van der Waals surface area contributed by atoms with Gasteiger partial charge in [-0.3, -0.25) is 0 Å². The van der Waals surface area contributed by atoms with E-state index in [9.17, 15) is 0 Å². The van der Waals surface area contributed by atoms with E-state index in [1.54, 1.807) is 0 Å². The van der Waals surface area contributed by atoms with E-state index in [0.29, 0.717) is 6.42 Å². The fourth-order valence-corrected chi connectivity index (χ4v) is 1.14. The van der Waals surface area contributed by atoms with Crippen molar-refractivity contribution in [2.45, 2.75) is 13.3 Å². The monoisotopic (exact) mass is 191 g/mol. The number of halogens is 1. The third kappa shape index (κ3) is 2.93. The second kappa shape index (κ2) is 4.69. The fourth-order valence-electron chi connectivity index (χ4n) is 1.02. The van der Waals surface area contributed by atoms with Gasteiger partial charge in [0.15, 0.2) is 0 Å². The smallest absolute Gasteiger partial charge is 0.0663 e. The van der Waals surface area contributed by atoms with Crippen molar-refractivity contribution in [2.24, 2.45) is 0 Å². The maximum Gasteiger partial charge on any atom is 0.0663 e. The highest BCUT2D eigenvalue weighted by Crippen LogP contribution is 2.16. The Balaban J connectivity index is 2.81. The van der Waals surface area contributed by atoms with Crippen molar-refractivity contribution in [3.8, 4) is 6.07 Å². The lowest BCUT2D eigenvalue weighted by atomic mass is 10.1. The van der Waals surface area contributed by atoms with Gasteiger partial charge in [-0.2, -0.15) is 5.26 Å². The van der Waals surface area contributed by atoms with Gasteiger partial charge in [-0.15, -0.1) is 0 Å². The highest BCUT2D eigenvalue weighted by atomic mass is 35.5. The Kier molecular flexibility index (Phi) is 3.54. The quantitative estimate of drug-likeness (QED) is 0.701. The zero-order valence-electron chi connectivity index (χ0n) is 7.42. The van der Waals surface area contributed by atoms with Crippen LogP contribution >= 0.6 is 11.6 Å². The predicted molar refractivity (Wildman–Crippen MR) is 55.5 cm³/mol. The molecule has 1 aromatic rings. The third-order valence-corrected chi connectivity index (χ3v) is 2.13. The number of hydrogen-bond donors (Lipinski definition) is 0. The zero-order chi connectivity index (χ0) is 9.68. The number of rotatable bonds is 2. The molecule has 0 bridgehead atoms. The molecule has 0 spiro atoms. The van der Waals surface area contributed by atoms with Gasteiger partial charge in [-0.25, -0.2) is 0 Å². The Morgan fingerprint density at radius 2 is 2.31 bits per heavy atom. The summed E-state index contributed by atoms with van der Waals surface area (Å²) in [6.45, 7) is 1.96. The molecule has 0 amide bonds. The minimum atomic E-state index is 0.446. The van der Waals surface area contributed by atoms with Gasteiger partial charge >= 0.3 is 0 Å². The van der Waals surface area contributed by atoms with Crippen LogP contribution in [0.5, 0.6) is 0 Å². The summed E-state index contributed by atoms with van der Waals surface area (Å²) in [4.78, 5) is 0. The van der Waals surface area contributed by atoms with Gasteiger partial charge in [0, 0.05) is 5.02 Å². The van der Waals surface area contributed by atoms with Crippen LogP contribution in [0.25, 0.3) is 6.08 Å². The molecule has 1 nitrogen and oxygen atoms in total. The van der Waals surface area contributed by atoms with Gasteiger partial charge in [0.2, 0.25) is 0 Å². The first-order valence-electron chi connectivity index (χ1n) is 4.03. The fraction of sp³-hybridized carbons (Fsp3) is 0.182. The molecule has 0 fully saturated rings. The summed E-state index contributed by atoms with van der Waals surface area (Å²) < 4.78 is 0. The van der Waals surface area contributed by atoms with Crippen LogP contribution in [0.3, 0.4) is 0 Å². The topological polar surface area (TPSA) is 23.8 Å². The number of nitriles is 1. The number of aryl methyl sites for hydroxylation is 1. The average Bonchev–Trinajstić information content (AvgIpc) is 2.12. The normalized spacial score (nSPS) is 10.2. The predicted octanol–water partition coefficient (Wildman–Crippen LogP) is 3.58. The van der Waals surface area contributed by atoms with Crippen LogP contribution in [-0.2, 0) is 0 Å². The van der Waals surface area contributed by atoms with Crippen molar-refractivity contribution in [1.29, 1.82) is 5.26 Å². The molecule has 0 saturated heterocycles. The molecular formula is C11H10ClN. The largest absolute Gasteiger partial charge is 0.198 e. The van der Waals surface area contributed by atoms with E-state index in [2.05, 4.69) is 6.07 Å². The molecule has 2 heteroatoms. The van der Waals surface area contributed by atoms with Crippen LogP contribution in [0.1, 0.15) is 17.5 Å². The van der Waals surface area contributed by atoms with E-state index in [1.165, 1.54) is 0 Å². The molecule has 1 aromatic carbocycles. The molecule has 0 aliphatic rings. The Morgan fingerprint density at radius 1 is 1.54 bits per heavy atom. The molecule has 1 rings (SSSR count). The molecule has 0 aliphatic carbocycles. The first-order valence-corrected chi connectivity index (χ1v) is 4.41. The molecule has 13 heavy (non-hydrogen) atoms. The molecule has 0 N–H and O–H groups in total. The van der Waals surface area contributed by atoms with Crippen molar-refractivity contribution < 1.29 is 0 Å². The molecule has 0 radical (unpaired) electrons.